The van der Waals surface area contributed by atoms with E-state index in [-0.39, 0.29) is 17.3 Å². The van der Waals surface area contributed by atoms with Crippen LogP contribution in [0.2, 0.25) is 0 Å². The van der Waals surface area contributed by atoms with Crippen molar-refractivity contribution in [3.05, 3.63) is 35.4 Å². The van der Waals surface area contributed by atoms with Crippen molar-refractivity contribution in [3.63, 3.8) is 0 Å². The summed E-state index contributed by atoms with van der Waals surface area (Å²) in [6, 6.07) is 8.33. The SMILES string of the molecule is CCNC(=NCC1(CS(C)(=O)=O)CC1)N1CCOC(c2ccccc2C)C1. The Hall–Kier alpha value is -1.60. The molecule has 0 bridgehead atoms. The quantitative estimate of drug-likeness (QED) is 0.592. The highest BCUT2D eigenvalue weighted by atomic mass is 32.2. The first-order valence-electron chi connectivity index (χ1n) is 9.70. The highest BCUT2D eigenvalue weighted by Gasteiger charge is 2.45. The smallest absolute Gasteiger partial charge is 0.194 e. The maximum Gasteiger partial charge on any atom is 0.194 e. The normalized spacial score (nSPS) is 22.6. The molecule has 0 spiro atoms. The van der Waals surface area contributed by atoms with Gasteiger partial charge in [0.15, 0.2) is 5.96 Å². The topological polar surface area (TPSA) is 71.0 Å². The fraction of sp³-hybridized carbons (Fsp3) is 0.650. The number of sulfone groups is 1. The first-order chi connectivity index (χ1) is 12.8. The Morgan fingerprint density at radius 2 is 2.11 bits per heavy atom. The molecule has 1 heterocycles. The largest absolute Gasteiger partial charge is 0.370 e. The van der Waals surface area contributed by atoms with Gasteiger partial charge in [0.25, 0.3) is 0 Å². The summed E-state index contributed by atoms with van der Waals surface area (Å²) in [4.78, 5) is 7.05. The zero-order valence-corrected chi connectivity index (χ0v) is 17.4. The van der Waals surface area contributed by atoms with Gasteiger partial charge in [0.2, 0.25) is 0 Å². The minimum atomic E-state index is -2.98. The molecule has 7 heteroatoms. The van der Waals surface area contributed by atoms with Gasteiger partial charge in [0, 0.05) is 31.3 Å². The van der Waals surface area contributed by atoms with Crippen LogP contribution >= 0.6 is 0 Å². The number of guanidine groups is 1. The highest BCUT2D eigenvalue weighted by molar-refractivity contribution is 7.90. The summed E-state index contributed by atoms with van der Waals surface area (Å²) in [5.41, 5.74) is 2.29. The Bertz CT molecular complexity index is 787. The summed E-state index contributed by atoms with van der Waals surface area (Å²) >= 11 is 0. The molecule has 0 amide bonds. The Kier molecular flexibility index (Phi) is 6.11. The van der Waals surface area contributed by atoms with Gasteiger partial charge < -0.3 is 15.0 Å². The van der Waals surface area contributed by atoms with Crippen molar-refractivity contribution < 1.29 is 13.2 Å². The van der Waals surface area contributed by atoms with Crippen LogP contribution in [-0.2, 0) is 14.6 Å². The lowest BCUT2D eigenvalue weighted by atomic mass is 10.0. The molecule has 1 aromatic rings. The van der Waals surface area contributed by atoms with Gasteiger partial charge in [-0.15, -0.1) is 0 Å². The first kappa shape index (κ1) is 20.1. The number of hydrogen-bond donors (Lipinski definition) is 1. The third-order valence-corrected chi connectivity index (χ3v) is 6.46. The Balaban J connectivity index is 1.71. The molecule has 1 saturated heterocycles. The van der Waals surface area contributed by atoms with Crippen LogP contribution in [0.4, 0.5) is 0 Å². The van der Waals surface area contributed by atoms with Gasteiger partial charge >= 0.3 is 0 Å². The molecular weight excluding hydrogens is 362 g/mol. The fourth-order valence-electron chi connectivity index (χ4n) is 3.73. The van der Waals surface area contributed by atoms with Gasteiger partial charge in [0.1, 0.15) is 15.9 Å². The lowest BCUT2D eigenvalue weighted by Crippen LogP contribution is -2.48. The van der Waals surface area contributed by atoms with Crippen molar-refractivity contribution >= 4 is 15.8 Å². The van der Waals surface area contributed by atoms with Crippen molar-refractivity contribution in [2.24, 2.45) is 10.4 Å². The number of nitrogens with zero attached hydrogens (tertiary/aromatic N) is 2. The predicted octanol–water partition coefficient (Wildman–Crippen LogP) is 2.16. The second-order valence-electron chi connectivity index (χ2n) is 7.90. The maximum atomic E-state index is 11.7. The molecule has 1 unspecified atom stereocenters. The lowest BCUT2D eigenvalue weighted by molar-refractivity contribution is -0.00835. The van der Waals surface area contributed by atoms with Gasteiger partial charge in [-0.2, -0.15) is 0 Å². The van der Waals surface area contributed by atoms with Crippen LogP contribution in [0.3, 0.4) is 0 Å². The first-order valence-corrected chi connectivity index (χ1v) is 11.8. The van der Waals surface area contributed by atoms with Crippen LogP contribution < -0.4 is 5.32 Å². The van der Waals surface area contributed by atoms with Crippen molar-refractivity contribution in [3.8, 4) is 0 Å². The number of aliphatic imine (C=N–C) groups is 1. The van der Waals surface area contributed by atoms with Crippen LogP contribution in [-0.4, -0.2) is 64.1 Å². The summed E-state index contributed by atoms with van der Waals surface area (Å²) in [6.07, 6.45) is 3.22. The van der Waals surface area contributed by atoms with E-state index in [4.69, 9.17) is 9.73 Å². The summed E-state index contributed by atoms with van der Waals surface area (Å²) in [7, 11) is -2.98. The minimum Gasteiger partial charge on any atom is -0.370 e. The van der Waals surface area contributed by atoms with E-state index in [0.29, 0.717) is 13.2 Å². The molecular formula is C20H31N3O3S. The van der Waals surface area contributed by atoms with Gasteiger partial charge in [0.05, 0.1) is 18.9 Å². The van der Waals surface area contributed by atoms with E-state index in [2.05, 4.69) is 36.2 Å². The van der Waals surface area contributed by atoms with Gasteiger partial charge in [-0.3, -0.25) is 4.99 Å². The average molecular weight is 394 g/mol. The molecule has 2 aliphatic rings. The van der Waals surface area contributed by atoms with E-state index in [1.165, 1.54) is 17.4 Å². The summed E-state index contributed by atoms with van der Waals surface area (Å²) in [5, 5.41) is 3.37. The van der Waals surface area contributed by atoms with E-state index >= 15 is 0 Å². The van der Waals surface area contributed by atoms with Crippen LogP contribution in [0, 0.1) is 12.3 Å². The third-order valence-electron chi connectivity index (χ3n) is 5.33. The van der Waals surface area contributed by atoms with E-state index in [9.17, 15) is 8.42 Å². The van der Waals surface area contributed by atoms with Crippen LogP contribution in [0.5, 0.6) is 0 Å². The van der Waals surface area contributed by atoms with Gasteiger partial charge in [-0.05, 0) is 37.8 Å². The molecule has 1 saturated carbocycles. The predicted molar refractivity (Wildman–Crippen MR) is 109 cm³/mol. The summed E-state index contributed by atoms with van der Waals surface area (Å²) in [5.74, 6) is 1.09. The van der Waals surface area contributed by atoms with Crippen LogP contribution in [0.15, 0.2) is 29.3 Å². The molecule has 0 aromatic heterocycles. The third kappa shape index (κ3) is 5.45. The summed E-state index contributed by atoms with van der Waals surface area (Å²) in [6.45, 7) is 7.69. The second kappa shape index (κ2) is 8.19. The number of benzene rings is 1. The van der Waals surface area contributed by atoms with E-state index in [1.807, 2.05) is 12.1 Å². The van der Waals surface area contributed by atoms with Crippen molar-refractivity contribution in [2.75, 3.05) is 44.8 Å². The number of nitrogens with one attached hydrogen (secondary N) is 1. The Morgan fingerprint density at radius 3 is 2.74 bits per heavy atom. The Labute approximate surface area is 162 Å². The van der Waals surface area contributed by atoms with Gasteiger partial charge in [-0.1, -0.05) is 24.3 Å². The lowest BCUT2D eigenvalue weighted by Gasteiger charge is -2.36. The molecule has 1 N–H and O–H groups in total. The molecule has 2 fully saturated rings. The molecule has 1 aliphatic carbocycles. The van der Waals surface area contributed by atoms with Crippen LogP contribution in [0.25, 0.3) is 0 Å². The zero-order chi connectivity index (χ0) is 19.5. The highest BCUT2D eigenvalue weighted by Crippen LogP contribution is 2.47. The number of hydrogen-bond acceptors (Lipinski definition) is 4. The Morgan fingerprint density at radius 1 is 1.37 bits per heavy atom. The fourth-order valence-corrected chi connectivity index (χ4v) is 5.22. The van der Waals surface area contributed by atoms with Crippen molar-refractivity contribution in [1.29, 1.82) is 0 Å². The number of rotatable bonds is 6. The second-order valence-corrected chi connectivity index (χ2v) is 10.0. The molecule has 27 heavy (non-hydrogen) atoms. The van der Waals surface area contributed by atoms with E-state index in [1.54, 1.807) is 0 Å². The van der Waals surface area contributed by atoms with Crippen molar-refractivity contribution in [1.82, 2.24) is 10.2 Å². The monoisotopic (exact) mass is 393 g/mol. The molecule has 6 nitrogen and oxygen atoms in total. The molecule has 1 atom stereocenters. The van der Waals surface area contributed by atoms with E-state index in [0.717, 1.165) is 38.4 Å². The molecule has 1 aromatic carbocycles. The van der Waals surface area contributed by atoms with Gasteiger partial charge in [-0.25, -0.2) is 8.42 Å². The molecule has 0 radical (unpaired) electrons. The maximum absolute atomic E-state index is 11.7. The van der Waals surface area contributed by atoms with Crippen molar-refractivity contribution in [2.45, 2.75) is 32.8 Å². The molecule has 1 aliphatic heterocycles. The van der Waals surface area contributed by atoms with Crippen LogP contribution in [0.1, 0.15) is 37.0 Å². The number of ether oxygens (including phenoxy) is 1. The summed E-state index contributed by atoms with van der Waals surface area (Å²) < 4.78 is 29.4. The van der Waals surface area contributed by atoms with E-state index < -0.39 is 9.84 Å². The average Bonchev–Trinajstić information content (AvgIpc) is 3.37. The zero-order valence-electron chi connectivity index (χ0n) is 16.6. The number of aryl methyl sites for hydroxylation is 1. The molecule has 150 valence electrons. The number of morpholine rings is 1. The minimum absolute atomic E-state index is 0.0229. The molecule has 3 rings (SSSR count). The standard InChI is InChI=1S/C20H31N3O3S/c1-4-21-19(22-14-20(9-10-20)15-27(3,24)25)23-11-12-26-18(13-23)17-8-6-5-7-16(17)2/h5-8,18H,4,9-15H2,1-3H3,(H,21,22).